The van der Waals surface area contributed by atoms with Crippen LogP contribution in [0.4, 0.5) is 0 Å². The molecule has 2 heterocycles. The first kappa shape index (κ1) is 19.2. The number of hydrogen-bond acceptors (Lipinski definition) is 4. The molecule has 1 aliphatic heterocycles. The zero-order valence-electron chi connectivity index (χ0n) is 15.9. The van der Waals surface area contributed by atoms with Crippen LogP contribution in [0, 0.1) is 0 Å². The third-order valence-corrected chi connectivity index (χ3v) is 5.01. The van der Waals surface area contributed by atoms with Crippen LogP contribution in [0.15, 0.2) is 27.8 Å². The smallest absolute Gasteiger partial charge is 0.191 e. The van der Waals surface area contributed by atoms with E-state index >= 15 is 0 Å². The van der Waals surface area contributed by atoms with E-state index in [1.807, 2.05) is 12.1 Å². The van der Waals surface area contributed by atoms with Crippen LogP contribution in [0.25, 0.3) is 0 Å². The van der Waals surface area contributed by atoms with Crippen molar-refractivity contribution in [3.63, 3.8) is 0 Å². The Kier molecular flexibility index (Phi) is 7.83. The van der Waals surface area contributed by atoms with E-state index in [0.29, 0.717) is 19.2 Å². The number of guanidine groups is 1. The number of rotatable bonds is 8. The lowest BCUT2D eigenvalue weighted by atomic mass is 9.96. The molecule has 3 rings (SSSR count). The van der Waals surface area contributed by atoms with Crippen molar-refractivity contribution in [1.82, 2.24) is 10.6 Å². The number of aliphatic imine (C=N–C) groups is 1. The van der Waals surface area contributed by atoms with E-state index in [0.717, 1.165) is 37.8 Å². The van der Waals surface area contributed by atoms with E-state index in [2.05, 4.69) is 17.6 Å². The third kappa shape index (κ3) is 6.65. The van der Waals surface area contributed by atoms with Crippen LogP contribution in [0.2, 0.25) is 0 Å². The summed E-state index contributed by atoms with van der Waals surface area (Å²) in [4.78, 5) is 4.77. The fourth-order valence-electron chi connectivity index (χ4n) is 3.51. The summed E-state index contributed by atoms with van der Waals surface area (Å²) in [5, 5.41) is 7.13. The highest BCUT2D eigenvalue weighted by Crippen LogP contribution is 2.17. The van der Waals surface area contributed by atoms with Gasteiger partial charge in [-0.25, -0.2) is 0 Å². The normalized spacial score (nSPS) is 23.1. The topological polar surface area (TPSA) is 68.0 Å². The van der Waals surface area contributed by atoms with E-state index < -0.39 is 0 Å². The van der Waals surface area contributed by atoms with Gasteiger partial charge < -0.3 is 24.5 Å². The van der Waals surface area contributed by atoms with Crippen LogP contribution in [0.5, 0.6) is 0 Å². The summed E-state index contributed by atoms with van der Waals surface area (Å²) < 4.78 is 16.7. The lowest BCUT2D eigenvalue weighted by Gasteiger charge is -2.27. The lowest BCUT2D eigenvalue weighted by Crippen LogP contribution is -2.48. The van der Waals surface area contributed by atoms with Gasteiger partial charge in [0.05, 0.1) is 25.6 Å². The van der Waals surface area contributed by atoms with Gasteiger partial charge in [-0.05, 0) is 38.3 Å². The summed E-state index contributed by atoms with van der Waals surface area (Å²) in [5.41, 5.74) is 0. The number of nitrogens with zero attached hydrogens (tertiary/aromatic N) is 1. The van der Waals surface area contributed by atoms with Crippen LogP contribution in [-0.4, -0.2) is 50.5 Å². The molecule has 26 heavy (non-hydrogen) atoms. The summed E-state index contributed by atoms with van der Waals surface area (Å²) in [7, 11) is 0. The van der Waals surface area contributed by atoms with Crippen molar-refractivity contribution in [2.24, 2.45) is 4.99 Å². The Labute approximate surface area is 156 Å². The van der Waals surface area contributed by atoms with Gasteiger partial charge in [0.25, 0.3) is 0 Å². The number of furan rings is 1. The van der Waals surface area contributed by atoms with Crippen molar-refractivity contribution < 1.29 is 13.9 Å². The quantitative estimate of drug-likeness (QED) is 0.549. The Bertz CT molecular complexity index is 520. The monoisotopic (exact) mass is 363 g/mol. The molecule has 2 N–H and O–H groups in total. The highest BCUT2D eigenvalue weighted by molar-refractivity contribution is 5.80. The van der Waals surface area contributed by atoms with Gasteiger partial charge >= 0.3 is 0 Å². The third-order valence-electron chi connectivity index (χ3n) is 5.01. The predicted octanol–water partition coefficient (Wildman–Crippen LogP) is 2.88. The first-order valence-electron chi connectivity index (χ1n) is 10.1. The number of nitrogens with one attached hydrogen (secondary N) is 2. The Hall–Kier alpha value is -1.53. The molecule has 6 heteroatoms. The molecule has 1 aliphatic carbocycles. The average molecular weight is 364 g/mol. The second-order valence-electron chi connectivity index (χ2n) is 7.40. The largest absolute Gasteiger partial charge is 0.469 e. The Balaban J connectivity index is 1.48. The SMILES string of the molecule is CC(COC1CCOC1)NC(=NCCc1ccco1)NC1CCCCC1. The maximum absolute atomic E-state index is 5.93. The van der Waals surface area contributed by atoms with E-state index in [1.54, 1.807) is 6.26 Å². The average Bonchev–Trinajstić information content (AvgIpc) is 3.35. The Morgan fingerprint density at radius 1 is 1.31 bits per heavy atom. The lowest BCUT2D eigenvalue weighted by molar-refractivity contribution is 0.0347. The zero-order valence-corrected chi connectivity index (χ0v) is 15.9. The summed E-state index contributed by atoms with van der Waals surface area (Å²) in [6, 6.07) is 4.64. The van der Waals surface area contributed by atoms with Crippen LogP contribution < -0.4 is 10.6 Å². The van der Waals surface area contributed by atoms with Gasteiger partial charge in [0.2, 0.25) is 0 Å². The van der Waals surface area contributed by atoms with Gasteiger partial charge in [-0.1, -0.05) is 19.3 Å². The van der Waals surface area contributed by atoms with Crippen molar-refractivity contribution in [2.75, 3.05) is 26.4 Å². The molecule has 2 unspecified atom stereocenters. The zero-order chi connectivity index (χ0) is 18.0. The molecule has 0 aromatic carbocycles. The summed E-state index contributed by atoms with van der Waals surface area (Å²) in [6.45, 7) is 5.05. The first-order chi connectivity index (χ1) is 12.8. The van der Waals surface area contributed by atoms with E-state index in [1.165, 1.54) is 32.1 Å². The van der Waals surface area contributed by atoms with Crippen molar-refractivity contribution in [3.8, 4) is 0 Å². The maximum atomic E-state index is 5.93. The van der Waals surface area contributed by atoms with Gasteiger partial charge in [0, 0.05) is 31.7 Å². The Morgan fingerprint density at radius 3 is 2.92 bits per heavy atom. The highest BCUT2D eigenvalue weighted by Gasteiger charge is 2.19. The van der Waals surface area contributed by atoms with E-state index in [-0.39, 0.29) is 12.1 Å². The molecule has 2 aliphatic rings. The molecule has 146 valence electrons. The molecule has 1 saturated heterocycles. The molecule has 6 nitrogen and oxygen atoms in total. The second kappa shape index (κ2) is 10.6. The summed E-state index contributed by atoms with van der Waals surface area (Å²) >= 11 is 0. The van der Waals surface area contributed by atoms with Crippen LogP contribution in [0.3, 0.4) is 0 Å². The molecule has 0 radical (unpaired) electrons. The predicted molar refractivity (Wildman–Crippen MR) is 102 cm³/mol. The standard InChI is InChI=1S/C20H33N3O3/c1-16(14-26-19-10-13-24-15-19)22-20(23-17-6-3-2-4-7-17)21-11-9-18-8-5-12-25-18/h5,8,12,16-17,19H,2-4,6-7,9-11,13-15H2,1H3,(H2,21,22,23). The molecule has 2 fully saturated rings. The molecule has 1 aromatic rings. The van der Waals surface area contributed by atoms with Gasteiger partial charge in [-0.2, -0.15) is 0 Å². The summed E-state index contributed by atoms with van der Waals surface area (Å²) in [5.74, 6) is 1.87. The van der Waals surface area contributed by atoms with Crippen LogP contribution in [-0.2, 0) is 15.9 Å². The van der Waals surface area contributed by atoms with Gasteiger partial charge in [0.1, 0.15) is 5.76 Å². The molecule has 0 spiro atoms. The minimum Gasteiger partial charge on any atom is -0.469 e. The molecule has 0 bridgehead atoms. The first-order valence-corrected chi connectivity index (χ1v) is 10.1. The van der Waals surface area contributed by atoms with Crippen molar-refractivity contribution in [1.29, 1.82) is 0 Å². The fraction of sp³-hybridized carbons (Fsp3) is 0.750. The molecular weight excluding hydrogens is 330 g/mol. The maximum Gasteiger partial charge on any atom is 0.191 e. The number of ether oxygens (including phenoxy) is 2. The van der Waals surface area contributed by atoms with Crippen molar-refractivity contribution in [2.45, 2.75) is 70.1 Å². The minimum atomic E-state index is 0.203. The summed E-state index contributed by atoms with van der Waals surface area (Å²) in [6.07, 6.45) is 10.2. The van der Waals surface area contributed by atoms with Crippen LogP contribution >= 0.6 is 0 Å². The van der Waals surface area contributed by atoms with Gasteiger partial charge in [-0.3, -0.25) is 4.99 Å². The fourth-order valence-corrected chi connectivity index (χ4v) is 3.51. The van der Waals surface area contributed by atoms with E-state index in [4.69, 9.17) is 18.9 Å². The minimum absolute atomic E-state index is 0.203. The molecule has 2 atom stereocenters. The van der Waals surface area contributed by atoms with Crippen molar-refractivity contribution in [3.05, 3.63) is 24.2 Å². The molecule has 0 amide bonds. The molecule has 1 aromatic heterocycles. The molecule has 1 saturated carbocycles. The highest BCUT2D eigenvalue weighted by atomic mass is 16.5. The van der Waals surface area contributed by atoms with Gasteiger partial charge in [-0.15, -0.1) is 0 Å². The second-order valence-corrected chi connectivity index (χ2v) is 7.40. The van der Waals surface area contributed by atoms with E-state index in [9.17, 15) is 0 Å². The molecular formula is C20H33N3O3. The van der Waals surface area contributed by atoms with Crippen LogP contribution in [0.1, 0.15) is 51.2 Å². The number of hydrogen-bond donors (Lipinski definition) is 2. The van der Waals surface area contributed by atoms with Gasteiger partial charge in [0.15, 0.2) is 5.96 Å². The van der Waals surface area contributed by atoms with Crippen molar-refractivity contribution >= 4 is 5.96 Å². The Morgan fingerprint density at radius 2 is 2.19 bits per heavy atom.